The maximum absolute atomic E-state index is 5.97. The van der Waals surface area contributed by atoms with Crippen molar-refractivity contribution in [2.75, 3.05) is 5.73 Å². The molecule has 2 rings (SSSR count). The number of nitrogen functional groups attached to an aromatic ring is 1. The molecule has 0 atom stereocenters. The summed E-state index contributed by atoms with van der Waals surface area (Å²) in [5.41, 5.74) is 7.81. The van der Waals surface area contributed by atoms with E-state index in [0.717, 1.165) is 24.9 Å². The van der Waals surface area contributed by atoms with Crippen molar-refractivity contribution >= 4 is 40.0 Å². The lowest BCUT2D eigenvalue weighted by Crippen LogP contribution is -1.94. The Kier molecular flexibility index (Phi) is 3.44. The predicted octanol–water partition coefficient (Wildman–Crippen LogP) is 3.07. The number of halogens is 1. The minimum absolute atomic E-state index is 0.816. The van der Waals surface area contributed by atoms with Crippen LogP contribution in [0.15, 0.2) is 34.2 Å². The average molecular weight is 345 g/mol. The topological polar surface area (TPSA) is 43.8 Å². The summed E-state index contributed by atoms with van der Waals surface area (Å²) in [5.74, 6) is 0. The summed E-state index contributed by atoms with van der Waals surface area (Å²) in [7, 11) is 1.94. The fourth-order valence-corrected chi connectivity index (χ4v) is 2.86. The van der Waals surface area contributed by atoms with Crippen molar-refractivity contribution in [3.8, 4) is 0 Å². The fourth-order valence-electron chi connectivity index (χ4n) is 1.41. The van der Waals surface area contributed by atoms with Crippen LogP contribution in [0.4, 0.5) is 5.69 Å². The highest BCUT2D eigenvalue weighted by molar-refractivity contribution is 14.1. The van der Waals surface area contributed by atoms with Crippen molar-refractivity contribution in [1.29, 1.82) is 0 Å². The number of hydrogen-bond acceptors (Lipinski definition) is 3. The van der Waals surface area contributed by atoms with Crippen molar-refractivity contribution in [1.82, 2.24) is 9.78 Å². The molecule has 1 aromatic heterocycles. The summed E-state index contributed by atoms with van der Waals surface area (Å²) in [6.45, 7) is 1.99. The first kappa shape index (κ1) is 11.8. The molecule has 0 fully saturated rings. The number of anilines is 1. The number of nitrogens with two attached hydrogens (primary N) is 1. The Morgan fingerprint density at radius 1 is 1.38 bits per heavy atom. The van der Waals surface area contributed by atoms with E-state index < -0.39 is 0 Å². The quantitative estimate of drug-likeness (QED) is 0.672. The van der Waals surface area contributed by atoms with E-state index in [2.05, 4.69) is 39.8 Å². The zero-order valence-electron chi connectivity index (χ0n) is 9.07. The lowest BCUT2D eigenvalue weighted by Gasteiger charge is -2.05. The molecule has 1 heterocycles. The van der Waals surface area contributed by atoms with E-state index in [4.69, 9.17) is 5.73 Å². The van der Waals surface area contributed by atoms with E-state index in [0.29, 0.717) is 0 Å². The Bertz CT molecular complexity index is 522. The normalized spacial score (nSPS) is 10.7. The van der Waals surface area contributed by atoms with Gasteiger partial charge in [-0.15, -0.1) is 0 Å². The van der Waals surface area contributed by atoms with E-state index in [1.54, 1.807) is 11.8 Å². The molecule has 16 heavy (non-hydrogen) atoms. The van der Waals surface area contributed by atoms with Gasteiger partial charge in [-0.3, -0.25) is 4.68 Å². The van der Waals surface area contributed by atoms with Crippen molar-refractivity contribution in [3.63, 3.8) is 0 Å². The Hall–Kier alpha value is -0.690. The average Bonchev–Trinajstić information content (AvgIpc) is 2.50. The van der Waals surface area contributed by atoms with Gasteiger partial charge < -0.3 is 5.73 Å². The van der Waals surface area contributed by atoms with Gasteiger partial charge in [0.1, 0.15) is 0 Å². The van der Waals surface area contributed by atoms with Crippen LogP contribution < -0.4 is 5.73 Å². The second-order valence-electron chi connectivity index (χ2n) is 3.53. The summed E-state index contributed by atoms with van der Waals surface area (Å²) in [4.78, 5) is 1.07. The highest BCUT2D eigenvalue weighted by Gasteiger charge is 2.07. The zero-order chi connectivity index (χ0) is 11.7. The Morgan fingerprint density at radius 3 is 2.69 bits per heavy atom. The van der Waals surface area contributed by atoms with E-state index >= 15 is 0 Å². The van der Waals surface area contributed by atoms with Gasteiger partial charge in [0.25, 0.3) is 0 Å². The van der Waals surface area contributed by atoms with Gasteiger partial charge in [0, 0.05) is 21.2 Å². The van der Waals surface area contributed by atoms with Crippen LogP contribution in [0.25, 0.3) is 0 Å². The van der Waals surface area contributed by atoms with Gasteiger partial charge in [-0.2, -0.15) is 5.10 Å². The van der Waals surface area contributed by atoms with Crippen LogP contribution in [-0.2, 0) is 7.05 Å². The van der Waals surface area contributed by atoms with Gasteiger partial charge in [0.2, 0.25) is 0 Å². The zero-order valence-corrected chi connectivity index (χ0v) is 12.0. The first-order valence-electron chi connectivity index (χ1n) is 4.80. The second kappa shape index (κ2) is 4.67. The molecular weight excluding hydrogens is 333 g/mol. The van der Waals surface area contributed by atoms with E-state index in [9.17, 15) is 0 Å². The highest BCUT2D eigenvalue weighted by atomic mass is 127. The molecule has 0 bridgehead atoms. The molecule has 0 unspecified atom stereocenters. The number of nitrogens with zero attached hydrogens (tertiary/aromatic N) is 2. The van der Waals surface area contributed by atoms with E-state index in [1.807, 2.05) is 30.8 Å². The Labute approximate surface area is 113 Å². The molecule has 2 N–H and O–H groups in total. The lowest BCUT2D eigenvalue weighted by atomic mass is 10.3. The van der Waals surface area contributed by atoms with Gasteiger partial charge in [-0.05, 0) is 53.8 Å². The minimum atomic E-state index is 0.816. The summed E-state index contributed by atoms with van der Waals surface area (Å²) in [6.07, 6.45) is 0. The summed E-state index contributed by atoms with van der Waals surface area (Å²) in [5, 5.41) is 5.41. The highest BCUT2D eigenvalue weighted by Crippen LogP contribution is 2.32. The van der Waals surface area contributed by atoms with Gasteiger partial charge in [0.05, 0.1) is 10.7 Å². The third-order valence-electron chi connectivity index (χ3n) is 2.15. The van der Waals surface area contributed by atoms with E-state index in [-0.39, 0.29) is 0 Å². The lowest BCUT2D eigenvalue weighted by molar-refractivity contribution is 0.692. The first-order chi connectivity index (χ1) is 7.56. The molecule has 5 heteroatoms. The number of hydrogen-bond donors (Lipinski definition) is 1. The van der Waals surface area contributed by atoms with Gasteiger partial charge in [0.15, 0.2) is 0 Å². The van der Waals surface area contributed by atoms with Crippen LogP contribution in [0.1, 0.15) is 5.69 Å². The van der Waals surface area contributed by atoms with Crippen LogP contribution in [-0.4, -0.2) is 9.78 Å². The minimum Gasteiger partial charge on any atom is -0.398 e. The SMILES string of the molecule is Cc1cc(Sc2ccc(I)cc2N)n(C)n1. The number of aryl methyl sites for hydroxylation is 2. The van der Waals surface area contributed by atoms with E-state index in [1.165, 1.54) is 0 Å². The predicted molar refractivity (Wildman–Crippen MR) is 75.6 cm³/mol. The third-order valence-corrected chi connectivity index (χ3v) is 4.00. The van der Waals surface area contributed by atoms with Gasteiger partial charge in [-0.25, -0.2) is 0 Å². The third kappa shape index (κ3) is 2.52. The molecule has 0 aliphatic carbocycles. The van der Waals surface area contributed by atoms with Crippen molar-refractivity contribution < 1.29 is 0 Å². The Balaban J connectivity index is 2.30. The maximum Gasteiger partial charge on any atom is 0.0987 e. The Morgan fingerprint density at radius 2 is 2.12 bits per heavy atom. The number of rotatable bonds is 2. The summed E-state index contributed by atoms with van der Waals surface area (Å²) >= 11 is 3.90. The largest absolute Gasteiger partial charge is 0.398 e. The fraction of sp³-hybridized carbons (Fsp3) is 0.182. The van der Waals surface area contributed by atoms with Crippen LogP contribution in [0.5, 0.6) is 0 Å². The molecule has 1 aromatic carbocycles. The molecule has 0 saturated carbocycles. The van der Waals surface area contributed by atoms with Crippen LogP contribution in [0.3, 0.4) is 0 Å². The standard InChI is InChI=1S/C11H12IN3S/c1-7-5-11(15(2)14-7)16-10-4-3-8(12)6-9(10)13/h3-6H,13H2,1-2H3. The first-order valence-corrected chi connectivity index (χ1v) is 6.69. The number of aromatic nitrogens is 2. The molecule has 3 nitrogen and oxygen atoms in total. The van der Waals surface area contributed by atoms with Crippen molar-refractivity contribution in [2.24, 2.45) is 7.05 Å². The molecule has 0 amide bonds. The van der Waals surface area contributed by atoms with Crippen molar-refractivity contribution in [3.05, 3.63) is 33.5 Å². The van der Waals surface area contributed by atoms with Crippen LogP contribution in [0, 0.1) is 10.5 Å². The van der Waals surface area contributed by atoms with Crippen LogP contribution >= 0.6 is 34.4 Å². The molecule has 0 aliphatic rings. The monoisotopic (exact) mass is 345 g/mol. The van der Waals surface area contributed by atoms with Crippen LogP contribution in [0.2, 0.25) is 0 Å². The number of benzene rings is 1. The molecule has 0 saturated heterocycles. The molecule has 0 aliphatic heterocycles. The van der Waals surface area contributed by atoms with Gasteiger partial charge >= 0.3 is 0 Å². The maximum atomic E-state index is 5.97. The summed E-state index contributed by atoms with van der Waals surface area (Å²) in [6, 6.07) is 8.14. The smallest absolute Gasteiger partial charge is 0.0987 e. The van der Waals surface area contributed by atoms with Gasteiger partial charge in [-0.1, -0.05) is 11.8 Å². The molecule has 2 aromatic rings. The molecule has 0 spiro atoms. The van der Waals surface area contributed by atoms with Crippen molar-refractivity contribution in [2.45, 2.75) is 16.8 Å². The molecule has 0 radical (unpaired) electrons. The summed E-state index contributed by atoms with van der Waals surface area (Å²) < 4.78 is 3.03. The molecular formula is C11H12IN3S. The second-order valence-corrected chi connectivity index (χ2v) is 5.84. The molecule has 84 valence electrons.